The summed E-state index contributed by atoms with van der Waals surface area (Å²) < 4.78 is 2.07. The molecule has 1 aromatic carbocycles. The van der Waals surface area contributed by atoms with Crippen molar-refractivity contribution in [2.75, 3.05) is 37.6 Å². The minimum atomic E-state index is 0.203. The highest BCUT2D eigenvalue weighted by Gasteiger charge is 2.21. The second-order valence-corrected chi connectivity index (χ2v) is 6.55. The lowest BCUT2D eigenvalue weighted by molar-refractivity contribution is 0.0925. The van der Waals surface area contributed by atoms with Gasteiger partial charge in [-0.1, -0.05) is 0 Å². The van der Waals surface area contributed by atoms with Crippen LogP contribution < -0.4 is 4.90 Å². The summed E-state index contributed by atoms with van der Waals surface area (Å²) in [5.41, 5.74) is 4.12. The summed E-state index contributed by atoms with van der Waals surface area (Å²) in [6, 6.07) is 9.29. The number of aromatic nitrogens is 1. The van der Waals surface area contributed by atoms with Crippen LogP contribution in [0.15, 0.2) is 30.3 Å². The molecule has 1 aromatic heterocycles. The van der Waals surface area contributed by atoms with Crippen molar-refractivity contribution in [2.45, 2.75) is 13.8 Å². The van der Waals surface area contributed by atoms with Crippen LogP contribution in [0.2, 0.25) is 0 Å². The molecule has 1 aliphatic heterocycles. The van der Waals surface area contributed by atoms with Crippen LogP contribution in [0.3, 0.4) is 0 Å². The molecule has 1 aliphatic rings. The maximum absolute atomic E-state index is 12.6. The van der Waals surface area contributed by atoms with Crippen molar-refractivity contribution in [3.8, 4) is 5.75 Å². The monoisotopic (exact) mass is 327 g/mol. The molecule has 0 bridgehead atoms. The van der Waals surface area contributed by atoms with Gasteiger partial charge in [-0.3, -0.25) is 9.69 Å². The van der Waals surface area contributed by atoms with Gasteiger partial charge in [-0.05, 0) is 44.2 Å². The SMILES string of the molecule is Cc1cc(C(=O)CN2CCN(c3ccc(O)cc3)CC2)c(C)n1C. The number of rotatable bonds is 4. The van der Waals surface area contributed by atoms with Gasteiger partial charge in [-0.15, -0.1) is 0 Å². The van der Waals surface area contributed by atoms with E-state index in [-0.39, 0.29) is 11.5 Å². The molecule has 1 fully saturated rings. The molecule has 5 heteroatoms. The van der Waals surface area contributed by atoms with Gasteiger partial charge in [-0.25, -0.2) is 0 Å². The summed E-state index contributed by atoms with van der Waals surface area (Å²) in [5.74, 6) is 0.491. The van der Waals surface area contributed by atoms with Gasteiger partial charge in [0.15, 0.2) is 5.78 Å². The Bertz CT molecular complexity index is 726. The number of phenols is 1. The molecule has 0 spiro atoms. The Kier molecular flexibility index (Phi) is 4.62. The summed E-state index contributed by atoms with van der Waals surface area (Å²) in [6.45, 7) is 8.04. The third kappa shape index (κ3) is 3.31. The van der Waals surface area contributed by atoms with E-state index in [0.717, 1.165) is 48.8 Å². The number of piperazine rings is 1. The maximum Gasteiger partial charge on any atom is 0.178 e. The highest BCUT2D eigenvalue weighted by Crippen LogP contribution is 2.20. The number of benzene rings is 1. The van der Waals surface area contributed by atoms with Crippen molar-refractivity contribution in [1.82, 2.24) is 9.47 Å². The highest BCUT2D eigenvalue weighted by atomic mass is 16.3. The number of anilines is 1. The van der Waals surface area contributed by atoms with E-state index < -0.39 is 0 Å². The number of aromatic hydroxyl groups is 1. The molecule has 0 atom stereocenters. The average Bonchev–Trinajstić information content (AvgIpc) is 2.84. The first-order chi connectivity index (χ1) is 11.5. The predicted molar refractivity (Wildman–Crippen MR) is 96.0 cm³/mol. The molecule has 0 amide bonds. The Morgan fingerprint density at radius 1 is 1.08 bits per heavy atom. The molecule has 1 saturated heterocycles. The van der Waals surface area contributed by atoms with E-state index >= 15 is 0 Å². The number of hydrogen-bond donors (Lipinski definition) is 1. The Morgan fingerprint density at radius 2 is 1.71 bits per heavy atom. The Balaban J connectivity index is 1.58. The van der Waals surface area contributed by atoms with E-state index in [2.05, 4.69) is 14.4 Å². The largest absolute Gasteiger partial charge is 0.508 e. The zero-order chi connectivity index (χ0) is 17.3. The molecule has 1 N–H and O–H groups in total. The van der Waals surface area contributed by atoms with Crippen LogP contribution >= 0.6 is 0 Å². The minimum Gasteiger partial charge on any atom is -0.508 e. The molecule has 5 nitrogen and oxygen atoms in total. The van der Waals surface area contributed by atoms with E-state index in [9.17, 15) is 9.90 Å². The zero-order valence-electron chi connectivity index (χ0n) is 14.6. The number of ketones is 1. The third-order valence-electron chi connectivity index (χ3n) is 5.03. The van der Waals surface area contributed by atoms with Crippen LogP contribution in [-0.4, -0.2) is 53.1 Å². The molecule has 2 heterocycles. The molecule has 24 heavy (non-hydrogen) atoms. The maximum atomic E-state index is 12.6. The third-order valence-corrected chi connectivity index (χ3v) is 5.03. The molecule has 3 rings (SSSR count). The van der Waals surface area contributed by atoms with E-state index in [1.807, 2.05) is 39.1 Å². The standard InChI is InChI=1S/C19H25N3O2/c1-14-12-18(15(2)20(14)3)19(24)13-21-8-10-22(11-9-21)16-4-6-17(23)7-5-16/h4-7,12,23H,8-11,13H2,1-3H3. The van der Waals surface area contributed by atoms with Crippen molar-refractivity contribution in [3.63, 3.8) is 0 Å². The summed E-state index contributed by atoms with van der Waals surface area (Å²) in [7, 11) is 2.00. The van der Waals surface area contributed by atoms with Crippen LogP contribution in [0, 0.1) is 13.8 Å². The summed E-state index contributed by atoms with van der Waals surface area (Å²) in [6.07, 6.45) is 0. The predicted octanol–water partition coefficient (Wildman–Crippen LogP) is 2.35. The smallest absolute Gasteiger partial charge is 0.178 e. The van der Waals surface area contributed by atoms with Crippen LogP contribution in [0.4, 0.5) is 5.69 Å². The lowest BCUT2D eigenvalue weighted by atomic mass is 10.1. The zero-order valence-corrected chi connectivity index (χ0v) is 14.6. The second-order valence-electron chi connectivity index (χ2n) is 6.55. The molecule has 0 saturated carbocycles. The fourth-order valence-electron chi connectivity index (χ4n) is 3.25. The lowest BCUT2D eigenvalue weighted by Gasteiger charge is -2.35. The van der Waals surface area contributed by atoms with Gasteiger partial charge in [0, 0.05) is 55.9 Å². The lowest BCUT2D eigenvalue weighted by Crippen LogP contribution is -2.48. The number of hydrogen-bond acceptors (Lipinski definition) is 4. The van der Waals surface area contributed by atoms with E-state index in [0.29, 0.717) is 6.54 Å². The normalized spacial score (nSPS) is 15.7. The van der Waals surface area contributed by atoms with Crippen molar-refractivity contribution in [3.05, 3.63) is 47.3 Å². The summed E-state index contributed by atoms with van der Waals surface area (Å²) in [5, 5.41) is 9.38. The first-order valence-corrected chi connectivity index (χ1v) is 8.38. The Morgan fingerprint density at radius 3 is 2.25 bits per heavy atom. The van der Waals surface area contributed by atoms with Crippen LogP contribution in [-0.2, 0) is 7.05 Å². The molecule has 2 aromatic rings. The van der Waals surface area contributed by atoms with Crippen molar-refractivity contribution in [2.24, 2.45) is 7.05 Å². The number of Topliss-reactive ketones (excluding diaryl/α,β-unsaturated/α-hetero) is 1. The fourth-order valence-corrected chi connectivity index (χ4v) is 3.25. The second kappa shape index (κ2) is 6.69. The topological polar surface area (TPSA) is 48.7 Å². The Labute approximate surface area is 143 Å². The van der Waals surface area contributed by atoms with Crippen LogP contribution in [0.1, 0.15) is 21.7 Å². The van der Waals surface area contributed by atoms with Gasteiger partial charge in [0.1, 0.15) is 5.75 Å². The van der Waals surface area contributed by atoms with Gasteiger partial charge in [-0.2, -0.15) is 0 Å². The quantitative estimate of drug-likeness (QED) is 0.876. The van der Waals surface area contributed by atoms with Crippen LogP contribution in [0.25, 0.3) is 0 Å². The molecular formula is C19H25N3O2. The van der Waals surface area contributed by atoms with E-state index in [1.165, 1.54) is 0 Å². The first kappa shape index (κ1) is 16.6. The average molecular weight is 327 g/mol. The van der Waals surface area contributed by atoms with Crippen LogP contribution in [0.5, 0.6) is 5.75 Å². The molecule has 0 aliphatic carbocycles. The van der Waals surface area contributed by atoms with Gasteiger partial charge < -0.3 is 14.6 Å². The number of aryl methyl sites for hydroxylation is 1. The van der Waals surface area contributed by atoms with Gasteiger partial charge in [0.25, 0.3) is 0 Å². The van der Waals surface area contributed by atoms with Gasteiger partial charge >= 0.3 is 0 Å². The van der Waals surface area contributed by atoms with Crippen molar-refractivity contribution in [1.29, 1.82) is 0 Å². The molecule has 0 radical (unpaired) electrons. The summed E-state index contributed by atoms with van der Waals surface area (Å²) >= 11 is 0. The van der Waals surface area contributed by atoms with E-state index in [4.69, 9.17) is 0 Å². The molecular weight excluding hydrogens is 302 g/mol. The van der Waals surface area contributed by atoms with Gasteiger partial charge in [0.2, 0.25) is 0 Å². The van der Waals surface area contributed by atoms with Crippen molar-refractivity contribution < 1.29 is 9.90 Å². The fraction of sp³-hybridized carbons (Fsp3) is 0.421. The van der Waals surface area contributed by atoms with Gasteiger partial charge in [0.05, 0.1) is 6.54 Å². The number of carbonyl (C=O) groups excluding carboxylic acids is 1. The minimum absolute atomic E-state index is 0.203. The first-order valence-electron chi connectivity index (χ1n) is 8.38. The molecule has 128 valence electrons. The number of phenolic OH excluding ortho intramolecular Hbond substituents is 1. The van der Waals surface area contributed by atoms with Crippen molar-refractivity contribution >= 4 is 11.5 Å². The molecule has 0 unspecified atom stereocenters. The number of carbonyl (C=O) groups is 1. The Hall–Kier alpha value is -2.27. The highest BCUT2D eigenvalue weighted by molar-refractivity contribution is 5.99. The summed E-state index contributed by atoms with van der Waals surface area (Å²) in [4.78, 5) is 17.1. The van der Waals surface area contributed by atoms with E-state index in [1.54, 1.807) is 12.1 Å². The number of nitrogens with zero attached hydrogens (tertiary/aromatic N) is 3.